The number of para-hydroxylation sites is 1. The van der Waals surface area contributed by atoms with Gasteiger partial charge < -0.3 is 5.32 Å². The molecule has 0 spiro atoms. The van der Waals surface area contributed by atoms with Crippen LogP contribution in [0.5, 0.6) is 0 Å². The average molecular weight is 500 g/mol. The number of carbonyl (C=O) groups is 1. The predicted octanol–water partition coefficient (Wildman–Crippen LogP) is 3.75. The molecular formula is C24H29N5O3S2. The van der Waals surface area contributed by atoms with Crippen molar-refractivity contribution in [1.29, 1.82) is 0 Å². The van der Waals surface area contributed by atoms with E-state index in [2.05, 4.69) is 22.1 Å². The Bertz CT molecular complexity index is 1240. The van der Waals surface area contributed by atoms with Crippen LogP contribution in [0.15, 0.2) is 77.3 Å². The first-order valence-corrected chi connectivity index (χ1v) is 13.3. The highest BCUT2D eigenvalue weighted by Gasteiger charge is 2.25. The third kappa shape index (κ3) is 5.57. The minimum atomic E-state index is -3.63. The highest BCUT2D eigenvalue weighted by Crippen LogP contribution is 2.31. The molecular weight excluding hydrogens is 470 g/mol. The molecule has 0 bridgehead atoms. The number of aromatic nitrogens is 3. The van der Waals surface area contributed by atoms with E-state index >= 15 is 0 Å². The number of hydrogen-bond acceptors (Lipinski definition) is 6. The summed E-state index contributed by atoms with van der Waals surface area (Å²) >= 11 is 1.28. The van der Waals surface area contributed by atoms with Crippen LogP contribution < -0.4 is 5.32 Å². The normalized spacial score (nSPS) is 12.5. The molecule has 1 amide bonds. The molecule has 3 aromatic rings. The molecule has 0 saturated heterocycles. The molecule has 8 nitrogen and oxygen atoms in total. The van der Waals surface area contributed by atoms with Crippen molar-refractivity contribution < 1.29 is 13.2 Å². The Labute approximate surface area is 205 Å². The van der Waals surface area contributed by atoms with Gasteiger partial charge >= 0.3 is 0 Å². The van der Waals surface area contributed by atoms with Crippen molar-refractivity contribution in [2.45, 2.75) is 36.1 Å². The van der Waals surface area contributed by atoms with Gasteiger partial charge in [0.1, 0.15) is 0 Å². The van der Waals surface area contributed by atoms with E-state index in [-0.39, 0.29) is 10.8 Å². The summed E-state index contributed by atoms with van der Waals surface area (Å²) in [5, 5.41) is 11.6. The van der Waals surface area contributed by atoms with Crippen LogP contribution >= 0.6 is 11.8 Å². The maximum atomic E-state index is 13.1. The molecule has 1 heterocycles. The van der Waals surface area contributed by atoms with Gasteiger partial charge in [-0.05, 0) is 31.2 Å². The van der Waals surface area contributed by atoms with Crippen LogP contribution in [0, 0.1) is 0 Å². The van der Waals surface area contributed by atoms with E-state index in [1.54, 1.807) is 37.3 Å². The second-order valence-electron chi connectivity index (χ2n) is 7.39. The van der Waals surface area contributed by atoms with Gasteiger partial charge in [0, 0.05) is 30.9 Å². The number of sulfonamides is 1. The Morgan fingerprint density at radius 3 is 2.50 bits per heavy atom. The van der Waals surface area contributed by atoms with Crippen LogP contribution in [0.25, 0.3) is 17.1 Å². The number of benzene rings is 2. The van der Waals surface area contributed by atoms with Crippen molar-refractivity contribution in [1.82, 2.24) is 24.4 Å². The smallest absolute Gasteiger partial charge is 0.243 e. The summed E-state index contributed by atoms with van der Waals surface area (Å²) in [6.45, 7) is 10.2. The van der Waals surface area contributed by atoms with Gasteiger partial charge in [-0.1, -0.05) is 62.0 Å². The number of carbonyl (C=O) groups excluding carboxylic acids is 1. The zero-order valence-electron chi connectivity index (χ0n) is 19.5. The van der Waals surface area contributed by atoms with Crippen molar-refractivity contribution in [3.63, 3.8) is 0 Å². The van der Waals surface area contributed by atoms with E-state index in [0.717, 1.165) is 5.69 Å². The quantitative estimate of drug-likeness (QED) is 0.319. The van der Waals surface area contributed by atoms with E-state index in [1.807, 2.05) is 48.7 Å². The number of nitrogens with zero attached hydrogens (tertiary/aromatic N) is 4. The summed E-state index contributed by atoms with van der Waals surface area (Å²) in [6.07, 6.45) is 1.62. The van der Waals surface area contributed by atoms with Crippen molar-refractivity contribution in [3.8, 4) is 17.1 Å². The van der Waals surface area contributed by atoms with Gasteiger partial charge in [-0.2, -0.15) is 4.31 Å². The summed E-state index contributed by atoms with van der Waals surface area (Å²) in [5.41, 5.74) is 1.42. The van der Waals surface area contributed by atoms with Crippen LogP contribution in [-0.4, -0.2) is 58.3 Å². The molecule has 10 heteroatoms. The maximum Gasteiger partial charge on any atom is 0.243 e. The minimum Gasteiger partial charge on any atom is -0.352 e. The van der Waals surface area contributed by atoms with Gasteiger partial charge in [-0.15, -0.1) is 16.8 Å². The molecule has 2 aromatic carbocycles. The Morgan fingerprint density at radius 1 is 1.15 bits per heavy atom. The maximum absolute atomic E-state index is 13.1. The first-order chi connectivity index (χ1) is 16.3. The largest absolute Gasteiger partial charge is 0.352 e. The number of thioether (sulfide) groups is 1. The topological polar surface area (TPSA) is 97.2 Å². The molecule has 180 valence electrons. The van der Waals surface area contributed by atoms with Gasteiger partial charge in [0.2, 0.25) is 15.9 Å². The molecule has 0 aliphatic carbocycles. The fourth-order valence-electron chi connectivity index (χ4n) is 3.38. The van der Waals surface area contributed by atoms with Crippen molar-refractivity contribution >= 4 is 27.7 Å². The minimum absolute atomic E-state index is 0.138. The van der Waals surface area contributed by atoms with Crippen molar-refractivity contribution in [2.75, 3.05) is 19.6 Å². The Balaban J connectivity index is 2.06. The first-order valence-electron chi connectivity index (χ1n) is 11.0. The zero-order chi connectivity index (χ0) is 24.7. The summed E-state index contributed by atoms with van der Waals surface area (Å²) in [5.74, 6) is 0.352. The van der Waals surface area contributed by atoms with Gasteiger partial charge in [-0.3, -0.25) is 9.36 Å². The van der Waals surface area contributed by atoms with Gasteiger partial charge in [0.25, 0.3) is 0 Å². The van der Waals surface area contributed by atoms with E-state index in [1.165, 1.54) is 16.1 Å². The Morgan fingerprint density at radius 2 is 1.85 bits per heavy atom. The molecule has 0 saturated carbocycles. The Hall–Kier alpha value is -2.95. The van der Waals surface area contributed by atoms with E-state index in [9.17, 15) is 13.2 Å². The molecule has 1 aromatic heterocycles. The van der Waals surface area contributed by atoms with E-state index in [4.69, 9.17) is 0 Å². The molecule has 1 N–H and O–H groups in total. The van der Waals surface area contributed by atoms with Gasteiger partial charge in [0.05, 0.1) is 10.1 Å². The fourth-order valence-corrected chi connectivity index (χ4v) is 5.78. The summed E-state index contributed by atoms with van der Waals surface area (Å²) in [4.78, 5) is 12.6. The predicted molar refractivity (Wildman–Crippen MR) is 135 cm³/mol. The summed E-state index contributed by atoms with van der Waals surface area (Å²) < 4.78 is 29.4. The lowest BCUT2D eigenvalue weighted by molar-refractivity contribution is -0.120. The standard InChI is InChI=1S/C24H29N5O3S2/c1-5-16-25-23(30)18(4)33-24-27-26-22(29(24)20-13-9-8-10-14-20)19-12-11-15-21(17-19)34(31,32)28(6-2)7-3/h5,8-15,17-18H,1,6-7,16H2,2-4H3,(H,25,30). The van der Waals surface area contributed by atoms with E-state index < -0.39 is 15.3 Å². The lowest BCUT2D eigenvalue weighted by Crippen LogP contribution is -2.31. The van der Waals surface area contributed by atoms with Crippen LogP contribution in [-0.2, 0) is 14.8 Å². The van der Waals surface area contributed by atoms with E-state index in [0.29, 0.717) is 36.2 Å². The number of amides is 1. The van der Waals surface area contributed by atoms with Gasteiger partial charge in [0.15, 0.2) is 11.0 Å². The molecule has 3 rings (SSSR count). The second kappa shape index (κ2) is 11.5. The molecule has 0 aliphatic rings. The molecule has 0 fully saturated rings. The third-order valence-corrected chi connectivity index (χ3v) is 8.24. The molecule has 34 heavy (non-hydrogen) atoms. The second-order valence-corrected chi connectivity index (χ2v) is 10.6. The van der Waals surface area contributed by atoms with Crippen molar-refractivity contribution in [3.05, 3.63) is 67.3 Å². The molecule has 1 atom stereocenters. The fraction of sp³-hybridized carbons (Fsp3) is 0.292. The first kappa shape index (κ1) is 25.7. The van der Waals surface area contributed by atoms with Crippen LogP contribution in [0.2, 0.25) is 0 Å². The van der Waals surface area contributed by atoms with Crippen LogP contribution in [0.1, 0.15) is 20.8 Å². The highest BCUT2D eigenvalue weighted by atomic mass is 32.2. The Kier molecular flexibility index (Phi) is 8.65. The lowest BCUT2D eigenvalue weighted by Gasteiger charge is -2.19. The highest BCUT2D eigenvalue weighted by molar-refractivity contribution is 8.00. The van der Waals surface area contributed by atoms with Crippen LogP contribution in [0.3, 0.4) is 0 Å². The van der Waals surface area contributed by atoms with Gasteiger partial charge in [-0.25, -0.2) is 8.42 Å². The summed E-state index contributed by atoms with van der Waals surface area (Å²) in [7, 11) is -3.63. The summed E-state index contributed by atoms with van der Waals surface area (Å²) in [6, 6.07) is 16.2. The monoisotopic (exact) mass is 499 g/mol. The molecule has 0 aliphatic heterocycles. The average Bonchev–Trinajstić information content (AvgIpc) is 3.27. The third-order valence-electron chi connectivity index (χ3n) is 5.16. The molecule has 0 radical (unpaired) electrons. The number of hydrogen-bond donors (Lipinski definition) is 1. The zero-order valence-corrected chi connectivity index (χ0v) is 21.1. The number of rotatable bonds is 11. The van der Waals surface area contributed by atoms with Crippen LogP contribution in [0.4, 0.5) is 0 Å². The van der Waals surface area contributed by atoms with Crippen molar-refractivity contribution in [2.24, 2.45) is 0 Å². The number of nitrogens with one attached hydrogen (secondary N) is 1. The lowest BCUT2D eigenvalue weighted by atomic mass is 10.2. The SMILES string of the molecule is C=CCNC(=O)C(C)Sc1nnc(-c2cccc(S(=O)(=O)N(CC)CC)c2)n1-c1ccccc1. The molecule has 1 unspecified atom stereocenters.